The molecule has 0 aliphatic carbocycles. The summed E-state index contributed by atoms with van der Waals surface area (Å²) < 4.78 is 43.6. The van der Waals surface area contributed by atoms with Gasteiger partial charge >= 0.3 is 6.18 Å². The maximum Gasteiger partial charge on any atom is 0.417 e. The Morgan fingerprint density at radius 2 is 1.92 bits per heavy atom. The van der Waals surface area contributed by atoms with Gasteiger partial charge in [0.1, 0.15) is 5.75 Å². The molecule has 1 N–H and O–H groups in total. The van der Waals surface area contributed by atoms with Crippen molar-refractivity contribution in [3.63, 3.8) is 0 Å². The molecule has 0 radical (unpaired) electrons. The zero-order valence-electron chi connectivity index (χ0n) is 13.5. The van der Waals surface area contributed by atoms with Gasteiger partial charge in [0.15, 0.2) is 0 Å². The topological polar surface area (TPSA) is 38.3 Å². The Kier molecular flexibility index (Phi) is 6.07. The SMILES string of the molecule is COc1cccc(CC(=O)NCC#Cc2ccccc2C(F)(F)F)c1. The molecule has 0 saturated heterocycles. The minimum atomic E-state index is -4.46. The summed E-state index contributed by atoms with van der Waals surface area (Å²) in [6, 6.07) is 12.1. The minimum absolute atomic E-state index is 0.0327. The molecule has 0 saturated carbocycles. The van der Waals surface area contributed by atoms with Crippen LogP contribution in [0.5, 0.6) is 5.75 Å². The number of alkyl halides is 3. The highest BCUT2D eigenvalue weighted by molar-refractivity contribution is 5.78. The van der Waals surface area contributed by atoms with Crippen LogP contribution in [-0.4, -0.2) is 19.6 Å². The Bertz CT molecular complexity index is 804. The van der Waals surface area contributed by atoms with Gasteiger partial charge in [-0.3, -0.25) is 4.79 Å². The van der Waals surface area contributed by atoms with Crippen molar-refractivity contribution in [2.24, 2.45) is 0 Å². The van der Waals surface area contributed by atoms with E-state index >= 15 is 0 Å². The van der Waals surface area contributed by atoms with E-state index in [1.807, 2.05) is 0 Å². The van der Waals surface area contributed by atoms with E-state index < -0.39 is 11.7 Å². The molecular weight excluding hydrogens is 331 g/mol. The Hall–Kier alpha value is -2.94. The Morgan fingerprint density at radius 3 is 2.64 bits per heavy atom. The third-order valence-electron chi connectivity index (χ3n) is 3.33. The highest BCUT2D eigenvalue weighted by Gasteiger charge is 2.32. The van der Waals surface area contributed by atoms with Crippen LogP contribution in [0.4, 0.5) is 13.2 Å². The molecule has 2 aromatic carbocycles. The number of halogens is 3. The number of carbonyl (C=O) groups excluding carboxylic acids is 1. The molecule has 0 aliphatic heterocycles. The zero-order valence-corrected chi connectivity index (χ0v) is 13.5. The van der Waals surface area contributed by atoms with Crippen LogP contribution in [0.3, 0.4) is 0 Å². The fraction of sp³-hybridized carbons (Fsp3) is 0.211. The number of methoxy groups -OCH3 is 1. The van der Waals surface area contributed by atoms with Crippen LogP contribution in [-0.2, 0) is 17.4 Å². The molecule has 0 fully saturated rings. The van der Waals surface area contributed by atoms with Crippen LogP contribution in [0.1, 0.15) is 16.7 Å². The van der Waals surface area contributed by atoms with E-state index in [-0.39, 0.29) is 24.4 Å². The van der Waals surface area contributed by atoms with Gasteiger partial charge in [-0.25, -0.2) is 0 Å². The predicted molar refractivity (Wildman–Crippen MR) is 88.0 cm³/mol. The zero-order chi connectivity index (χ0) is 18.3. The first-order chi connectivity index (χ1) is 11.9. The molecule has 0 atom stereocenters. The van der Waals surface area contributed by atoms with E-state index in [1.54, 1.807) is 24.3 Å². The number of hydrogen-bond acceptors (Lipinski definition) is 2. The van der Waals surface area contributed by atoms with Crippen molar-refractivity contribution in [1.82, 2.24) is 5.32 Å². The van der Waals surface area contributed by atoms with E-state index in [9.17, 15) is 18.0 Å². The van der Waals surface area contributed by atoms with Crippen LogP contribution in [0.15, 0.2) is 48.5 Å². The second-order valence-corrected chi connectivity index (χ2v) is 5.15. The molecule has 0 unspecified atom stereocenters. The summed E-state index contributed by atoms with van der Waals surface area (Å²) in [6.07, 6.45) is -4.32. The predicted octanol–water partition coefficient (Wildman–Crippen LogP) is 3.42. The molecule has 2 aromatic rings. The van der Waals surface area contributed by atoms with E-state index in [0.717, 1.165) is 11.6 Å². The van der Waals surface area contributed by atoms with Gasteiger partial charge in [-0.1, -0.05) is 36.1 Å². The number of nitrogens with one attached hydrogen (secondary N) is 1. The second-order valence-electron chi connectivity index (χ2n) is 5.15. The molecule has 130 valence electrons. The van der Waals surface area contributed by atoms with E-state index in [1.165, 1.54) is 25.3 Å². The minimum Gasteiger partial charge on any atom is -0.497 e. The highest BCUT2D eigenvalue weighted by Crippen LogP contribution is 2.31. The van der Waals surface area contributed by atoms with Crippen molar-refractivity contribution < 1.29 is 22.7 Å². The second kappa shape index (κ2) is 8.25. The lowest BCUT2D eigenvalue weighted by atomic mass is 10.1. The molecule has 2 rings (SSSR count). The van der Waals surface area contributed by atoms with Crippen molar-refractivity contribution in [3.8, 4) is 17.6 Å². The van der Waals surface area contributed by atoms with Crippen LogP contribution in [0.2, 0.25) is 0 Å². The van der Waals surface area contributed by atoms with Crippen LogP contribution >= 0.6 is 0 Å². The number of benzene rings is 2. The van der Waals surface area contributed by atoms with Gasteiger partial charge < -0.3 is 10.1 Å². The van der Waals surface area contributed by atoms with Gasteiger partial charge in [0.25, 0.3) is 0 Å². The largest absolute Gasteiger partial charge is 0.497 e. The molecular formula is C19H16F3NO2. The normalized spacial score (nSPS) is 10.6. The van der Waals surface area contributed by atoms with E-state index in [4.69, 9.17) is 4.74 Å². The van der Waals surface area contributed by atoms with E-state index in [0.29, 0.717) is 5.75 Å². The van der Waals surface area contributed by atoms with Gasteiger partial charge in [-0.2, -0.15) is 13.2 Å². The Morgan fingerprint density at radius 1 is 1.16 bits per heavy atom. The summed E-state index contributed by atoms with van der Waals surface area (Å²) in [4.78, 5) is 11.8. The molecule has 0 aliphatic rings. The van der Waals surface area contributed by atoms with Crippen LogP contribution < -0.4 is 10.1 Å². The first-order valence-electron chi connectivity index (χ1n) is 7.45. The van der Waals surface area contributed by atoms with Crippen molar-refractivity contribution >= 4 is 5.91 Å². The molecule has 0 heterocycles. The lowest BCUT2D eigenvalue weighted by Gasteiger charge is -2.08. The molecule has 3 nitrogen and oxygen atoms in total. The van der Waals surface area contributed by atoms with Crippen molar-refractivity contribution in [1.29, 1.82) is 0 Å². The summed E-state index contributed by atoms with van der Waals surface area (Å²) in [7, 11) is 1.54. The summed E-state index contributed by atoms with van der Waals surface area (Å²) in [5, 5.41) is 2.56. The quantitative estimate of drug-likeness (QED) is 0.861. The molecule has 1 amide bonds. The average molecular weight is 347 g/mol. The van der Waals surface area contributed by atoms with Crippen LogP contribution in [0.25, 0.3) is 0 Å². The molecule has 6 heteroatoms. The number of rotatable bonds is 4. The van der Waals surface area contributed by atoms with Gasteiger partial charge in [-0.05, 0) is 29.8 Å². The highest BCUT2D eigenvalue weighted by atomic mass is 19.4. The van der Waals surface area contributed by atoms with Crippen molar-refractivity contribution in [3.05, 3.63) is 65.2 Å². The standard InChI is InChI=1S/C19H16F3NO2/c1-25-16-9-4-6-14(12-16)13-18(24)23-11-5-8-15-7-2-3-10-17(15)19(20,21)22/h2-4,6-7,9-10,12H,11,13H2,1H3,(H,23,24). The molecule has 0 bridgehead atoms. The number of hydrogen-bond donors (Lipinski definition) is 1. The van der Waals surface area contributed by atoms with Gasteiger partial charge in [0.05, 0.1) is 25.6 Å². The molecule has 25 heavy (non-hydrogen) atoms. The summed E-state index contributed by atoms with van der Waals surface area (Å²) >= 11 is 0. The van der Waals surface area contributed by atoms with Crippen molar-refractivity contribution in [2.45, 2.75) is 12.6 Å². The van der Waals surface area contributed by atoms with Crippen molar-refractivity contribution in [2.75, 3.05) is 13.7 Å². The fourth-order valence-corrected chi connectivity index (χ4v) is 2.15. The van der Waals surface area contributed by atoms with Gasteiger partial charge in [-0.15, -0.1) is 0 Å². The smallest absolute Gasteiger partial charge is 0.417 e. The Balaban J connectivity index is 1.93. The van der Waals surface area contributed by atoms with Gasteiger partial charge in [0.2, 0.25) is 5.91 Å². The summed E-state index contributed by atoms with van der Waals surface area (Å²) in [5.74, 6) is 5.37. The third-order valence-corrected chi connectivity index (χ3v) is 3.33. The first kappa shape index (κ1) is 18.4. The number of amides is 1. The fourth-order valence-electron chi connectivity index (χ4n) is 2.15. The summed E-state index contributed by atoms with van der Waals surface area (Å²) in [5.41, 5.74) is -0.130. The Labute approximate surface area is 143 Å². The maximum absolute atomic E-state index is 12.8. The lowest BCUT2D eigenvalue weighted by Crippen LogP contribution is -2.25. The average Bonchev–Trinajstić information content (AvgIpc) is 2.58. The first-order valence-corrected chi connectivity index (χ1v) is 7.45. The maximum atomic E-state index is 12.8. The third kappa shape index (κ3) is 5.57. The monoisotopic (exact) mass is 347 g/mol. The van der Waals surface area contributed by atoms with Crippen LogP contribution in [0, 0.1) is 11.8 Å². The number of ether oxygens (including phenoxy) is 1. The summed E-state index contributed by atoms with van der Waals surface area (Å²) in [6.45, 7) is -0.0327. The molecule has 0 spiro atoms. The molecule has 0 aromatic heterocycles. The number of carbonyl (C=O) groups is 1. The van der Waals surface area contributed by atoms with Gasteiger partial charge in [0, 0.05) is 5.56 Å². The van der Waals surface area contributed by atoms with E-state index in [2.05, 4.69) is 17.2 Å². The lowest BCUT2D eigenvalue weighted by molar-refractivity contribution is -0.137.